The van der Waals surface area contributed by atoms with Gasteiger partial charge < -0.3 is 10.1 Å². The monoisotopic (exact) mass is 277 g/mol. The Balaban J connectivity index is 2.07. The summed E-state index contributed by atoms with van der Waals surface area (Å²) in [5.74, 6) is 2.69. The van der Waals surface area contributed by atoms with E-state index in [9.17, 15) is 0 Å². The maximum Gasteiger partial charge on any atom is 0.232 e. The molecular weight excluding hydrogens is 250 g/mol. The lowest BCUT2D eigenvalue weighted by Crippen LogP contribution is -2.36. The van der Waals surface area contributed by atoms with Crippen LogP contribution in [0.4, 0.5) is 0 Å². The van der Waals surface area contributed by atoms with Gasteiger partial charge in [0.1, 0.15) is 6.10 Å². The molecule has 0 radical (unpaired) electrons. The number of nitrogens with zero attached hydrogens (tertiary/aromatic N) is 2. The minimum atomic E-state index is 0.276. The van der Waals surface area contributed by atoms with Gasteiger partial charge in [0, 0.05) is 12.7 Å². The van der Waals surface area contributed by atoms with Crippen LogP contribution in [0.15, 0.2) is 12.4 Å². The molecule has 1 N–H and O–H groups in total. The van der Waals surface area contributed by atoms with Gasteiger partial charge in [-0.05, 0) is 37.6 Å². The molecule has 1 aliphatic rings. The summed E-state index contributed by atoms with van der Waals surface area (Å²) in [7, 11) is 1.91. The second-order valence-corrected chi connectivity index (χ2v) is 6.36. The van der Waals surface area contributed by atoms with Crippen LogP contribution in [0.5, 0.6) is 5.88 Å². The van der Waals surface area contributed by atoms with Gasteiger partial charge in [0.25, 0.3) is 0 Å². The van der Waals surface area contributed by atoms with E-state index in [2.05, 4.69) is 36.1 Å². The average Bonchev–Trinajstić information content (AvgIpc) is 2.39. The van der Waals surface area contributed by atoms with Crippen LogP contribution in [-0.4, -0.2) is 23.1 Å². The van der Waals surface area contributed by atoms with E-state index in [-0.39, 0.29) is 6.10 Å². The molecule has 0 bridgehead atoms. The molecule has 1 heterocycles. The van der Waals surface area contributed by atoms with Crippen LogP contribution in [0.3, 0.4) is 0 Å². The fourth-order valence-electron chi connectivity index (χ4n) is 3.11. The van der Waals surface area contributed by atoms with Crippen LogP contribution in [-0.2, 0) is 6.54 Å². The lowest BCUT2D eigenvalue weighted by atomic mass is 9.75. The van der Waals surface area contributed by atoms with Crippen molar-refractivity contribution in [1.29, 1.82) is 0 Å². The Labute approximate surface area is 122 Å². The molecule has 0 amide bonds. The SMILES string of the molecule is CNCc1cncc(OC2CC(C)CCC2C(C)C)n1. The summed E-state index contributed by atoms with van der Waals surface area (Å²) in [4.78, 5) is 8.76. The summed E-state index contributed by atoms with van der Waals surface area (Å²) in [6, 6.07) is 0. The van der Waals surface area contributed by atoms with E-state index in [0.29, 0.717) is 17.7 Å². The predicted molar refractivity (Wildman–Crippen MR) is 80.6 cm³/mol. The number of hydrogen-bond donors (Lipinski definition) is 1. The van der Waals surface area contributed by atoms with Gasteiger partial charge in [0.2, 0.25) is 5.88 Å². The standard InChI is InChI=1S/C16H27N3O/c1-11(2)14-6-5-12(3)7-15(14)20-16-10-18-9-13(19-16)8-17-4/h9-12,14-15,17H,5-8H2,1-4H3. The van der Waals surface area contributed by atoms with Gasteiger partial charge in [0.15, 0.2) is 0 Å². The molecule has 1 aliphatic carbocycles. The van der Waals surface area contributed by atoms with Crippen molar-refractivity contribution in [3.63, 3.8) is 0 Å². The van der Waals surface area contributed by atoms with E-state index in [1.165, 1.54) is 12.8 Å². The van der Waals surface area contributed by atoms with Gasteiger partial charge in [-0.1, -0.05) is 27.2 Å². The van der Waals surface area contributed by atoms with Gasteiger partial charge in [0.05, 0.1) is 11.9 Å². The highest BCUT2D eigenvalue weighted by atomic mass is 16.5. The first-order chi connectivity index (χ1) is 9.60. The number of aromatic nitrogens is 2. The third kappa shape index (κ3) is 3.92. The molecule has 0 saturated heterocycles. The van der Waals surface area contributed by atoms with Crippen molar-refractivity contribution in [1.82, 2.24) is 15.3 Å². The predicted octanol–water partition coefficient (Wildman–Crippen LogP) is 3.04. The first-order valence-electron chi connectivity index (χ1n) is 7.72. The molecule has 1 fully saturated rings. The van der Waals surface area contributed by atoms with Crippen molar-refractivity contribution in [2.24, 2.45) is 17.8 Å². The first kappa shape index (κ1) is 15.2. The summed E-state index contributed by atoms with van der Waals surface area (Å²) < 4.78 is 6.19. The smallest absolute Gasteiger partial charge is 0.232 e. The van der Waals surface area contributed by atoms with Crippen LogP contribution in [0.25, 0.3) is 0 Å². The molecular formula is C16H27N3O. The molecule has 1 aromatic heterocycles. The zero-order chi connectivity index (χ0) is 14.5. The minimum Gasteiger partial charge on any atom is -0.473 e. The largest absolute Gasteiger partial charge is 0.473 e. The van der Waals surface area contributed by atoms with E-state index in [1.807, 2.05) is 7.05 Å². The fraction of sp³-hybridized carbons (Fsp3) is 0.750. The van der Waals surface area contributed by atoms with Crippen LogP contribution in [0.1, 0.15) is 45.7 Å². The van der Waals surface area contributed by atoms with Crippen LogP contribution in [0.2, 0.25) is 0 Å². The van der Waals surface area contributed by atoms with Crippen LogP contribution < -0.4 is 10.1 Å². The molecule has 3 atom stereocenters. The molecule has 20 heavy (non-hydrogen) atoms. The lowest BCUT2D eigenvalue weighted by Gasteiger charge is -2.36. The van der Waals surface area contributed by atoms with Crippen molar-refractivity contribution in [2.75, 3.05) is 7.05 Å². The topological polar surface area (TPSA) is 47.0 Å². The van der Waals surface area contributed by atoms with Gasteiger partial charge in [-0.15, -0.1) is 0 Å². The molecule has 0 aromatic carbocycles. The van der Waals surface area contributed by atoms with Gasteiger partial charge in [-0.25, -0.2) is 4.98 Å². The highest BCUT2D eigenvalue weighted by molar-refractivity contribution is 5.09. The molecule has 4 heteroatoms. The van der Waals surface area contributed by atoms with Crippen LogP contribution in [0, 0.1) is 17.8 Å². The Bertz CT molecular complexity index is 422. The Morgan fingerprint density at radius 2 is 2.15 bits per heavy atom. The van der Waals surface area contributed by atoms with Gasteiger partial charge in [-0.3, -0.25) is 4.98 Å². The maximum absolute atomic E-state index is 6.19. The third-order valence-corrected chi connectivity index (χ3v) is 4.25. The average molecular weight is 277 g/mol. The summed E-state index contributed by atoms with van der Waals surface area (Å²) in [6.07, 6.45) is 7.49. The quantitative estimate of drug-likeness (QED) is 0.898. The Morgan fingerprint density at radius 3 is 2.85 bits per heavy atom. The Hall–Kier alpha value is -1.16. The first-order valence-corrected chi connectivity index (χ1v) is 7.72. The third-order valence-electron chi connectivity index (χ3n) is 4.25. The summed E-state index contributed by atoms with van der Waals surface area (Å²) in [5.41, 5.74) is 0.926. The molecule has 2 rings (SSSR count). The van der Waals surface area contributed by atoms with E-state index in [4.69, 9.17) is 4.74 Å². The van der Waals surface area contributed by atoms with Crippen molar-refractivity contribution in [3.05, 3.63) is 18.1 Å². The van der Waals surface area contributed by atoms with E-state index in [1.54, 1.807) is 12.4 Å². The second kappa shape index (κ2) is 7.02. The fourth-order valence-corrected chi connectivity index (χ4v) is 3.11. The normalized spacial score (nSPS) is 26.8. The van der Waals surface area contributed by atoms with Crippen molar-refractivity contribution in [3.8, 4) is 5.88 Å². The molecule has 0 spiro atoms. The zero-order valence-corrected chi connectivity index (χ0v) is 13.1. The Morgan fingerprint density at radius 1 is 1.35 bits per heavy atom. The van der Waals surface area contributed by atoms with E-state index >= 15 is 0 Å². The summed E-state index contributed by atoms with van der Waals surface area (Å²) in [5, 5.41) is 3.09. The van der Waals surface area contributed by atoms with Crippen molar-refractivity contribution < 1.29 is 4.74 Å². The van der Waals surface area contributed by atoms with E-state index < -0.39 is 0 Å². The molecule has 1 aromatic rings. The van der Waals surface area contributed by atoms with Gasteiger partial charge in [-0.2, -0.15) is 0 Å². The molecule has 3 unspecified atom stereocenters. The Kier molecular flexibility index (Phi) is 5.35. The zero-order valence-electron chi connectivity index (χ0n) is 13.1. The van der Waals surface area contributed by atoms with Crippen molar-refractivity contribution in [2.45, 2.75) is 52.7 Å². The molecule has 112 valence electrons. The number of rotatable bonds is 5. The van der Waals surface area contributed by atoms with Gasteiger partial charge >= 0.3 is 0 Å². The highest BCUT2D eigenvalue weighted by Gasteiger charge is 2.32. The van der Waals surface area contributed by atoms with E-state index in [0.717, 1.165) is 24.6 Å². The lowest BCUT2D eigenvalue weighted by molar-refractivity contribution is 0.0422. The number of nitrogens with one attached hydrogen (secondary N) is 1. The molecule has 0 aliphatic heterocycles. The second-order valence-electron chi connectivity index (χ2n) is 6.36. The molecule has 1 saturated carbocycles. The summed E-state index contributed by atoms with van der Waals surface area (Å²) in [6.45, 7) is 7.62. The number of hydrogen-bond acceptors (Lipinski definition) is 4. The maximum atomic E-state index is 6.19. The summed E-state index contributed by atoms with van der Waals surface area (Å²) >= 11 is 0. The number of ether oxygens (including phenoxy) is 1. The van der Waals surface area contributed by atoms with Crippen molar-refractivity contribution >= 4 is 0 Å². The minimum absolute atomic E-state index is 0.276. The molecule has 4 nitrogen and oxygen atoms in total. The van der Waals surface area contributed by atoms with Crippen LogP contribution >= 0.6 is 0 Å². The highest BCUT2D eigenvalue weighted by Crippen LogP contribution is 2.35.